The molecule has 0 unspecified atom stereocenters. The Balaban J connectivity index is 1.55. The zero-order chi connectivity index (χ0) is 21.4. The number of hydrazone groups is 1. The first-order valence-corrected chi connectivity index (χ1v) is 11.4. The molecule has 1 atom stereocenters. The summed E-state index contributed by atoms with van der Waals surface area (Å²) in [7, 11) is 1.69. The van der Waals surface area contributed by atoms with Crippen molar-refractivity contribution in [3.05, 3.63) is 53.6 Å². The van der Waals surface area contributed by atoms with Gasteiger partial charge in [-0.25, -0.2) is 5.01 Å². The van der Waals surface area contributed by atoms with Crippen molar-refractivity contribution in [1.29, 1.82) is 0 Å². The Bertz CT molecular complexity index is 964. The molecule has 0 aliphatic carbocycles. The summed E-state index contributed by atoms with van der Waals surface area (Å²) in [6.45, 7) is 7.96. The van der Waals surface area contributed by atoms with Crippen LogP contribution in [0, 0.1) is 0 Å². The van der Waals surface area contributed by atoms with E-state index in [1.165, 1.54) is 5.56 Å². The molecule has 5 rings (SSSR count). The first kappa shape index (κ1) is 20.2. The summed E-state index contributed by atoms with van der Waals surface area (Å²) in [5.41, 5.74) is 2.98. The van der Waals surface area contributed by atoms with Crippen LogP contribution >= 0.6 is 0 Å². The minimum atomic E-state index is -0.426. The van der Waals surface area contributed by atoms with E-state index in [1.807, 2.05) is 25.1 Å². The van der Waals surface area contributed by atoms with Crippen LogP contribution in [0.5, 0.6) is 17.2 Å². The van der Waals surface area contributed by atoms with Gasteiger partial charge < -0.3 is 19.1 Å². The van der Waals surface area contributed by atoms with Crippen LogP contribution in [0.2, 0.25) is 0 Å². The summed E-state index contributed by atoms with van der Waals surface area (Å²) in [5.74, 6) is 2.61. The van der Waals surface area contributed by atoms with E-state index in [0.29, 0.717) is 6.61 Å². The Hall–Kier alpha value is -2.73. The molecule has 0 bridgehead atoms. The Kier molecular flexibility index (Phi) is 5.26. The third-order valence-electron chi connectivity index (χ3n) is 6.80. The molecule has 3 aliphatic rings. The van der Waals surface area contributed by atoms with Crippen molar-refractivity contribution in [2.45, 2.75) is 44.9 Å². The van der Waals surface area contributed by atoms with Crippen molar-refractivity contribution in [1.82, 2.24) is 9.91 Å². The lowest BCUT2D eigenvalue weighted by molar-refractivity contribution is -0.150. The fourth-order valence-corrected chi connectivity index (χ4v) is 5.05. The number of methoxy groups -OCH3 is 1. The molecule has 1 saturated heterocycles. The van der Waals surface area contributed by atoms with Crippen LogP contribution in [0.1, 0.15) is 50.3 Å². The number of hydrogen-bond acceptors (Lipinski definition) is 6. The number of benzene rings is 2. The number of para-hydroxylation sites is 1. The Morgan fingerprint density at radius 2 is 1.87 bits per heavy atom. The molecule has 1 fully saturated rings. The molecule has 6 heteroatoms. The number of likely N-dealkylation sites (tertiary alicyclic amines) is 1. The highest BCUT2D eigenvalue weighted by atomic mass is 16.6. The van der Waals surface area contributed by atoms with Gasteiger partial charge in [-0.3, -0.25) is 0 Å². The Labute approximate surface area is 184 Å². The number of hydrogen-bond donors (Lipinski definition) is 0. The van der Waals surface area contributed by atoms with Crippen molar-refractivity contribution in [3.63, 3.8) is 0 Å². The highest BCUT2D eigenvalue weighted by Crippen LogP contribution is 2.52. The van der Waals surface area contributed by atoms with E-state index in [1.54, 1.807) is 7.11 Å². The Morgan fingerprint density at radius 3 is 2.55 bits per heavy atom. The maximum absolute atomic E-state index is 6.82. The molecule has 2 aromatic carbocycles. The van der Waals surface area contributed by atoms with Crippen molar-refractivity contribution in [2.24, 2.45) is 5.10 Å². The molecule has 164 valence electrons. The van der Waals surface area contributed by atoms with Gasteiger partial charge in [0.1, 0.15) is 5.75 Å². The molecule has 6 nitrogen and oxygen atoms in total. The average molecular weight is 422 g/mol. The van der Waals surface area contributed by atoms with Gasteiger partial charge in [-0.05, 0) is 49.4 Å². The summed E-state index contributed by atoms with van der Waals surface area (Å²) in [5, 5.41) is 7.42. The van der Waals surface area contributed by atoms with Gasteiger partial charge in [0, 0.05) is 37.9 Å². The van der Waals surface area contributed by atoms with Crippen molar-refractivity contribution >= 4 is 5.71 Å². The minimum Gasteiger partial charge on any atom is -0.497 e. The maximum atomic E-state index is 6.82. The lowest BCUT2D eigenvalue weighted by Crippen LogP contribution is -2.59. The molecular formula is C25H31N3O3. The molecule has 3 aliphatic heterocycles. The van der Waals surface area contributed by atoms with Crippen molar-refractivity contribution < 1.29 is 14.2 Å². The first-order chi connectivity index (χ1) is 15.2. The van der Waals surface area contributed by atoms with Crippen LogP contribution < -0.4 is 14.2 Å². The van der Waals surface area contributed by atoms with Gasteiger partial charge in [-0.1, -0.05) is 19.1 Å². The van der Waals surface area contributed by atoms with E-state index in [2.05, 4.69) is 41.1 Å². The van der Waals surface area contributed by atoms with Crippen molar-refractivity contribution in [3.8, 4) is 17.2 Å². The highest BCUT2D eigenvalue weighted by Gasteiger charge is 2.52. The number of rotatable bonds is 5. The summed E-state index contributed by atoms with van der Waals surface area (Å²) < 4.78 is 18.1. The van der Waals surface area contributed by atoms with Gasteiger partial charge in [0.15, 0.2) is 11.5 Å². The summed E-state index contributed by atoms with van der Waals surface area (Å²) in [6, 6.07) is 14.6. The standard InChI is InChI=1S/C25H31N3O3/c1-4-27-15-13-25(14-16-27)28-22(20-7-6-8-23(30-5-2)24(20)31-25)17-21(26-28)18-9-11-19(29-3)12-10-18/h6-12,22H,4-5,13-17H2,1-3H3/t22-/m0/s1. The second kappa shape index (κ2) is 8.08. The van der Waals surface area contributed by atoms with E-state index >= 15 is 0 Å². The zero-order valence-corrected chi connectivity index (χ0v) is 18.6. The molecule has 31 heavy (non-hydrogen) atoms. The smallest absolute Gasteiger partial charge is 0.200 e. The molecular weight excluding hydrogens is 390 g/mol. The number of nitrogens with zero attached hydrogens (tertiary/aromatic N) is 3. The molecule has 0 saturated carbocycles. The molecule has 0 aromatic heterocycles. The predicted octanol–water partition coefficient (Wildman–Crippen LogP) is 4.45. The lowest BCUT2D eigenvalue weighted by Gasteiger charge is -2.51. The van der Waals surface area contributed by atoms with Gasteiger partial charge in [0.2, 0.25) is 5.72 Å². The van der Waals surface area contributed by atoms with Crippen LogP contribution in [-0.2, 0) is 0 Å². The van der Waals surface area contributed by atoms with E-state index in [0.717, 1.165) is 67.4 Å². The minimum absolute atomic E-state index is 0.162. The monoisotopic (exact) mass is 421 g/mol. The van der Waals surface area contributed by atoms with Crippen LogP contribution in [0.25, 0.3) is 0 Å². The average Bonchev–Trinajstić information content (AvgIpc) is 3.27. The first-order valence-electron chi connectivity index (χ1n) is 11.4. The zero-order valence-electron chi connectivity index (χ0n) is 18.6. The van der Waals surface area contributed by atoms with E-state index in [9.17, 15) is 0 Å². The molecule has 2 aromatic rings. The SMILES string of the molecule is CCOc1cccc2c1OC1(CCN(CC)CC1)N1N=C(c3ccc(OC)cc3)C[C@@H]21. The third-order valence-corrected chi connectivity index (χ3v) is 6.80. The quantitative estimate of drug-likeness (QED) is 0.714. The van der Waals surface area contributed by atoms with Crippen LogP contribution in [0.4, 0.5) is 0 Å². The summed E-state index contributed by atoms with van der Waals surface area (Å²) in [4.78, 5) is 2.48. The van der Waals surface area contributed by atoms with Crippen LogP contribution in [-0.4, -0.2) is 54.7 Å². The predicted molar refractivity (Wildman–Crippen MR) is 121 cm³/mol. The van der Waals surface area contributed by atoms with Gasteiger partial charge in [0.05, 0.1) is 25.5 Å². The van der Waals surface area contributed by atoms with Crippen LogP contribution in [0.15, 0.2) is 47.6 Å². The van der Waals surface area contributed by atoms with E-state index in [-0.39, 0.29) is 6.04 Å². The summed E-state index contributed by atoms with van der Waals surface area (Å²) in [6.07, 6.45) is 2.71. The topological polar surface area (TPSA) is 46.5 Å². The third kappa shape index (κ3) is 3.43. The van der Waals surface area contributed by atoms with Gasteiger partial charge in [0.25, 0.3) is 0 Å². The summed E-state index contributed by atoms with van der Waals surface area (Å²) >= 11 is 0. The highest BCUT2D eigenvalue weighted by molar-refractivity contribution is 6.02. The Morgan fingerprint density at radius 1 is 1.10 bits per heavy atom. The van der Waals surface area contributed by atoms with Gasteiger partial charge in [-0.2, -0.15) is 5.10 Å². The number of fused-ring (bicyclic) bond motifs is 4. The van der Waals surface area contributed by atoms with Crippen molar-refractivity contribution in [2.75, 3.05) is 33.4 Å². The molecule has 0 radical (unpaired) electrons. The maximum Gasteiger partial charge on any atom is 0.200 e. The number of ether oxygens (including phenoxy) is 3. The van der Waals surface area contributed by atoms with E-state index in [4.69, 9.17) is 19.3 Å². The molecule has 1 spiro atoms. The van der Waals surface area contributed by atoms with Crippen LogP contribution in [0.3, 0.4) is 0 Å². The van der Waals surface area contributed by atoms with E-state index < -0.39 is 5.72 Å². The van der Waals surface area contributed by atoms with Gasteiger partial charge in [-0.15, -0.1) is 0 Å². The lowest BCUT2D eigenvalue weighted by atomic mass is 9.90. The molecule has 0 N–H and O–H groups in total. The normalized spacial score (nSPS) is 21.8. The molecule has 3 heterocycles. The number of piperidine rings is 1. The largest absolute Gasteiger partial charge is 0.497 e. The fourth-order valence-electron chi connectivity index (χ4n) is 5.05. The second-order valence-corrected chi connectivity index (χ2v) is 8.43. The van der Waals surface area contributed by atoms with Gasteiger partial charge >= 0.3 is 0 Å². The fraction of sp³-hybridized carbons (Fsp3) is 0.480. The molecule has 0 amide bonds. The second-order valence-electron chi connectivity index (χ2n) is 8.43.